The third-order valence-corrected chi connectivity index (χ3v) is 4.15. The quantitative estimate of drug-likeness (QED) is 0.711. The number of benzene rings is 1. The normalized spacial score (nSPS) is 10.5. The number of rotatable bonds is 7. The van der Waals surface area contributed by atoms with Crippen molar-refractivity contribution >= 4 is 5.91 Å². The van der Waals surface area contributed by atoms with Crippen LogP contribution in [0, 0.1) is 6.92 Å². The molecule has 0 aliphatic rings. The molecule has 0 radical (unpaired) electrons. The summed E-state index contributed by atoms with van der Waals surface area (Å²) < 4.78 is 7.11. The smallest absolute Gasteiger partial charge is 0.220 e. The molecule has 0 bridgehead atoms. The summed E-state index contributed by atoms with van der Waals surface area (Å²) in [5.74, 6) is 2.52. The number of nitrogens with one attached hydrogen (secondary N) is 1. The maximum Gasteiger partial charge on any atom is 0.220 e. The van der Waals surface area contributed by atoms with Crippen LogP contribution in [-0.4, -0.2) is 27.6 Å². The predicted molar refractivity (Wildman–Crippen MR) is 99.3 cm³/mol. The van der Waals surface area contributed by atoms with E-state index < -0.39 is 0 Å². The summed E-state index contributed by atoms with van der Waals surface area (Å²) in [5, 5.41) is 2.93. The molecular weight excluding hydrogens is 328 g/mol. The highest BCUT2D eigenvalue weighted by molar-refractivity contribution is 5.76. The zero-order chi connectivity index (χ0) is 18.4. The van der Waals surface area contributed by atoms with E-state index in [9.17, 15) is 4.79 Å². The van der Waals surface area contributed by atoms with E-state index in [0.717, 1.165) is 28.5 Å². The topological polar surface area (TPSA) is 69.0 Å². The van der Waals surface area contributed by atoms with Crippen LogP contribution >= 0.6 is 0 Å². The molecule has 6 heteroatoms. The van der Waals surface area contributed by atoms with E-state index in [4.69, 9.17) is 4.74 Å². The van der Waals surface area contributed by atoms with Crippen molar-refractivity contribution in [2.75, 3.05) is 7.11 Å². The van der Waals surface area contributed by atoms with E-state index in [2.05, 4.69) is 15.3 Å². The number of aromatic nitrogens is 3. The van der Waals surface area contributed by atoms with E-state index in [0.29, 0.717) is 19.4 Å². The molecule has 2 aromatic heterocycles. The Morgan fingerprint density at radius 3 is 2.77 bits per heavy atom. The van der Waals surface area contributed by atoms with Crippen LogP contribution in [0.15, 0.2) is 55.0 Å². The first-order valence-corrected chi connectivity index (χ1v) is 8.50. The Kier molecular flexibility index (Phi) is 5.63. The number of ether oxygens (including phenoxy) is 1. The molecule has 1 N–H and O–H groups in total. The molecule has 3 rings (SSSR count). The van der Waals surface area contributed by atoms with Gasteiger partial charge in [0.15, 0.2) is 0 Å². The van der Waals surface area contributed by atoms with Crippen molar-refractivity contribution in [1.82, 2.24) is 19.9 Å². The molecule has 1 amide bonds. The van der Waals surface area contributed by atoms with Crippen LogP contribution in [0.2, 0.25) is 0 Å². The second kappa shape index (κ2) is 8.29. The average molecular weight is 350 g/mol. The van der Waals surface area contributed by atoms with Crippen LogP contribution in [0.1, 0.15) is 23.4 Å². The molecule has 0 saturated heterocycles. The minimum absolute atomic E-state index is 0.0161. The second-order valence-corrected chi connectivity index (χ2v) is 6.00. The summed E-state index contributed by atoms with van der Waals surface area (Å²) in [6.45, 7) is 2.39. The molecule has 0 fully saturated rings. The monoisotopic (exact) mass is 350 g/mol. The van der Waals surface area contributed by atoms with Crippen molar-refractivity contribution < 1.29 is 9.53 Å². The van der Waals surface area contributed by atoms with E-state index in [1.165, 1.54) is 0 Å². The molecule has 3 aromatic rings. The number of amides is 1. The molecule has 0 spiro atoms. The highest BCUT2D eigenvalue weighted by Gasteiger charge is 2.05. The first-order chi connectivity index (χ1) is 12.7. The van der Waals surface area contributed by atoms with Crippen LogP contribution in [0.3, 0.4) is 0 Å². The van der Waals surface area contributed by atoms with Crippen LogP contribution in [-0.2, 0) is 17.8 Å². The van der Waals surface area contributed by atoms with Gasteiger partial charge in [-0.2, -0.15) is 0 Å². The Hall–Kier alpha value is -3.15. The van der Waals surface area contributed by atoms with E-state index in [1.54, 1.807) is 19.5 Å². The highest BCUT2D eigenvalue weighted by Crippen LogP contribution is 2.14. The van der Waals surface area contributed by atoms with Gasteiger partial charge in [0.05, 0.1) is 7.11 Å². The molecule has 2 heterocycles. The number of methoxy groups -OCH3 is 1. The summed E-state index contributed by atoms with van der Waals surface area (Å²) in [6, 6.07) is 11.7. The fourth-order valence-electron chi connectivity index (χ4n) is 2.66. The Morgan fingerprint density at radius 2 is 2.08 bits per heavy atom. The van der Waals surface area contributed by atoms with Gasteiger partial charge in [-0.25, -0.2) is 9.97 Å². The molecule has 0 saturated carbocycles. The maximum absolute atomic E-state index is 12.1. The number of pyridine rings is 1. The number of imidazole rings is 1. The Balaban J connectivity index is 1.49. The van der Waals surface area contributed by atoms with Gasteiger partial charge >= 0.3 is 0 Å². The van der Waals surface area contributed by atoms with Crippen molar-refractivity contribution in [2.24, 2.45) is 0 Å². The van der Waals surface area contributed by atoms with Crippen LogP contribution in [0.4, 0.5) is 0 Å². The SMILES string of the molecule is COc1cccc(CCC(=O)NCc2ccc(-n3ccnc3C)nc2)c1. The van der Waals surface area contributed by atoms with E-state index in [-0.39, 0.29) is 5.91 Å². The Labute approximate surface area is 152 Å². The van der Waals surface area contributed by atoms with Gasteiger partial charge in [0.2, 0.25) is 5.91 Å². The molecule has 0 aliphatic heterocycles. The van der Waals surface area contributed by atoms with Gasteiger partial charge < -0.3 is 10.1 Å². The molecule has 0 aliphatic carbocycles. The summed E-state index contributed by atoms with van der Waals surface area (Å²) in [6.07, 6.45) is 6.51. The van der Waals surface area contributed by atoms with Crippen molar-refractivity contribution in [3.05, 3.63) is 71.9 Å². The Morgan fingerprint density at radius 1 is 1.19 bits per heavy atom. The number of nitrogens with zero attached hydrogens (tertiary/aromatic N) is 3. The summed E-state index contributed by atoms with van der Waals surface area (Å²) in [5.41, 5.74) is 2.04. The van der Waals surface area contributed by atoms with Crippen molar-refractivity contribution in [3.8, 4) is 11.6 Å². The number of carbonyl (C=O) groups excluding carboxylic acids is 1. The van der Waals surface area contributed by atoms with Crippen molar-refractivity contribution in [2.45, 2.75) is 26.3 Å². The highest BCUT2D eigenvalue weighted by atomic mass is 16.5. The van der Waals surface area contributed by atoms with Crippen molar-refractivity contribution in [1.29, 1.82) is 0 Å². The zero-order valence-electron chi connectivity index (χ0n) is 15.0. The minimum atomic E-state index is 0.0161. The standard InChI is InChI=1S/C20H22N4O2/c1-15-21-10-11-24(15)19-8-6-17(13-22-19)14-23-20(25)9-7-16-4-3-5-18(12-16)26-2/h3-6,8,10-13H,7,9,14H2,1-2H3,(H,23,25). The van der Waals surface area contributed by atoms with Crippen LogP contribution in [0.25, 0.3) is 5.82 Å². The lowest BCUT2D eigenvalue weighted by atomic mass is 10.1. The Bertz CT molecular complexity index is 872. The maximum atomic E-state index is 12.1. The summed E-state index contributed by atoms with van der Waals surface area (Å²) >= 11 is 0. The van der Waals surface area contributed by atoms with Crippen LogP contribution < -0.4 is 10.1 Å². The lowest BCUT2D eigenvalue weighted by Crippen LogP contribution is -2.23. The van der Waals surface area contributed by atoms with Gasteiger partial charge in [0.25, 0.3) is 0 Å². The predicted octanol–water partition coefficient (Wildman–Crippen LogP) is 2.83. The molecule has 1 aromatic carbocycles. The van der Waals surface area contributed by atoms with Gasteiger partial charge in [0, 0.05) is 31.6 Å². The molecule has 26 heavy (non-hydrogen) atoms. The van der Waals surface area contributed by atoms with Gasteiger partial charge in [0.1, 0.15) is 17.4 Å². The van der Waals surface area contributed by atoms with Gasteiger partial charge in [-0.1, -0.05) is 18.2 Å². The zero-order valence-corrected chi connectivity index (χ0v) is 15.0. The first-order valence-electron chi connectivity index (χ1n) is 8.50. The van der Waals surface area contributed by atoms with Gasteiger partial charge in [-0.3, -0.25) is 9.36 Å². The third kappa shape index (κ3) is 4.47. The fourth-order valence-corrected chi connectivity index (χ4v) is 2.66. The number of aryl methyl sites for hydroxylation is 2. The summed E-state index contributed by atoms with van der Waals surface area (Å²) in [4.78, 5) is 20.7. The minimum Gasteiger partial charge on any atom is -0.497 e. The first kappa shape index (κ1) is 17.7. The fraction of sp³-hybridized carbons (Fsp3) is 0.250. The molecule has 134 valence electrons. The number of hydrogen-bond acceptors (Lipinski definition) is 4. The third-order valence-electron chi connectivity index (χ3n) is 4.15. The average Bonchev–Trinajstić information content (AvgIpc) is 3.11. The van der Waals surface area contributed by atoms with E-state index >= 15 is 0 Å². The molecule has 0 unspecified atom stereocenters. The molecular formula is C20H22N4O2. The lowest BCUT2D eigenvalue weighted by molar-refractivity contribution is -0.121. The van der Waals surface area contributed by atoms with Gasteiger partial charge in [-0.05, 0) is 42.7 Å². The van der Waals surface area contributed by atoms with Crippen molar-refractivity contribution in [3.63, 3.8) is 0 Å². The summed E-state index contributed by atoms with van der Waals surface area (Å²) in [7, 11) is 1.64. The van der Waals surface area contributed by atoms with E-state index in [1.807, 2.05) is 54.1 Å². The number of carbonyl (C=O) groups is 1. The largest absolute Gasteiger partial charge is 0.497 e. The van der Waals surface area contributed by atoms with Crippen LogP contribution in [0.5, 0.6) is 5.75 Å². The molecule has 6 nitrogen and oxygen atoms in total. The number of hydrogen-bond donors (Lipinski definition) is 1. The lowest BCUT2D eigenvalue weighted by Gasteiger charge is -2.08. The van der Waals surface area contributed by atoms with Gasteiger partial charge in [-0.15, -0.1) is 0 Å². The molecule has 0 atom stereocenters. The second-order valence-electron chi connectivity index (χ2n) is 6.00.